The van der Waals surface area contributed by atoms with Crippen LogP contribution in [0.4, 0.5) is 0 Å². The number of amides is 1. The maximum absolute atomic E-state index is 13.3. The smallest absolute Gasteiger partial charge is 0.328 e. The molecule has 0 heterocycles. The summed E-state index contributed by atoms with van der Waals surface area (Å²) >= 11 is 0. The number of carboxylic acids is 1. The molecule has 1 fully saturated rings. The Morgan fingerprint density at radius 2 is 1.69 bits per heavy atom. The lowest BCUT2D eigenvalue weighted by Crippen LogP contribution is -2.48. The lowest BCUT2D eigenvalue weighted by Gasteiger charge is -2.24. The summed E-state index contributed by atoms with van der Waals surface area (Å²) in [5, 5.41) is 14.3. The van der Waals surface area contributed by atoms with Crippen LogP contribution in [0.2, 0.25) is 0 Å². The number of fused-ring (bicyclic) bond motifs is 1. The maximum atomic E-state index is 13.3. The Balaban J connectivity index is 1.52. The van der Waals surface area contributed by atoms with Crippen LogP contribution < -0.4 is 10.1 Å². The first-order valence-corrected chi connectivity index (χ1v) is 12.4. The molecule has 2 atom stereocenters. The predicted octanol–water partition coefficient (Wildman–Crippen LogP) is 5.59. The molecule has 0 radical (unpaired) electrons. The molecule has 0 bridgehead atoms. The standard InChI is InChI=1S/C29H33NO5/c1-20(34-18-21-10-4-2-5-11-21)26(29(32)33)30-28(31)25-17-16-23-14-8-9-15-24(23)27(25)35-19-22-12-6-3-7-13-22/h2,4-5,8-11,14-17,20,22,26H,3,6-7,12-13,18-19H2,1H3,(H,30,31)(H,32,33)/t20-,26?/m1/s1. The van der Waals surface area contributed by atoms with E-state index in [4.69, 9.17) is 9.47 Å². The van der Waals surface area contributed by atoms with Crippen molar-refractivity contribution >= 4 is 22.6 Å². The van der Waals surface area contributed by atoms with Crippen molar-refractivity contribution in [3.8, 4) is 5.75 Å². The second-order valence-electron chi connectivity index (χ2n) is 9.27. The van der Waals surface area contributed by atoms with Gasteiger partial charge in [-0.3, -0.25) is 4.79 Å². The van der Waals surface area contributed by atoms with E-state index in [9.17, 15) is 14.7 Å². The highest BCUT2D eigenvalue weighted by molar-refractivity contribution is 6.04. The lowest BCUT2D eigenvalue weighted by atomic mass is 9.90. The van der Waals surface area contributed by atoms with Crippen LogP contribution in [-0.2, 0) is 16.1 Å². The summed E-state index contributed by atoms with van der Waals surface area (Å²) in [6.45, 7) is 2.46. The van der Waals surface area contributed by atoms with Crippen molar-refractivity contribution < 1.29 is 24.2 Å². The summed E-state index contributed by atoms with van der Waals surface area (Å²) < 4.78 is 12.1. The Kier molecular flexibility index (Phi) is 8.37. The van der Waals surface area contributed by atoms with Gasteiger partial charge in [0.1, 0.15) is 5.75 Å². The third-order valence-electron chi connectivity index (χ3n) is 6.69. The summed E-state index contributed by atoms with van der Waals surface area (Å²) in [5.41, 5.74) is 1.27. The van der Waals surface area contributed by atoms with Gasteiger partial charge in [0.05, 0.1) is 24.9 Å². The van der Waals surface area contributed by atoms with Crippen molar-refractivity contribution in [2.24, 2.45) is 5.92 Å². The van der Waals surface area contributed by atoms with E-state index in [1.54, 1.807) is 13.0 Å². The van der Waals surface area contributed by atoms with Crippen LogP contribution in [0.25, 0.3) is 10.8 Å². The van der Waals surface area contributed by atoms with Gasteiger partial charge < -0.3 is 19.9 Å². The Morgan fingerprint density at radius 1 is 0.971 bits per heavy atom. The highest BCUT2D eigenvalue weighted by Gasteiger charge is 2.29. The van der Waals surface area contributed by atoms with Gasteiger partial charge >= 0.3 is 5.97 Å². The van der Waals surface area contributed by atoms with Gasteiger partial charge in [-0.15, -0.1) is 0 Å². The van der Waals surface area contributed by atoms with Gasteiger partial charge in [0.15, 0.2) is 6.04 Å². The van der Waals surface area contributed by atoms with E-state index in [1.807, 2.05) is 60.7 Å². The highest BCUT2D eigenvalue weighted by Crippen LogP contribution is 2.32. The van der Waals surface area contributed by atoms with E-state index in [1.165, 1.54) is 19.3 Å². The normalized spacial score (nSPS) is 15.9. The van der Waals surface area contributed by atoms with Crippen molar-refractivity contribution in [2.75, 3.05) is 6.61 Å². The Morgan fingerprint density at radius 3 is 2.43 bits per heavy atom. The van der Waals surface area contributed by atoms with Crippen molar-refractivity contribution in [1.29, 1.82) is 0 Å². The monoisotopic (exact) mass is 475 g/mol. The second-order valence-corrected chi connectivity index (χ2v) is 9.27. The molecule has 1 saturated carbocycles. The van der Waals surface area contributed by atoms with Crippen molar-refractivity contribution in [2.45, 2.75) is 57.8 Å². The lowest BCUT2D eigenvalue weighted by molar-refractivity contribution is -0.143. The minimum atomic E-state index is -1.20. The minimum Gasteiger partial charge on any atom is -0.492 e. The molecule has 35 heavy (non-hydrogen) atoms. The van der Waals surface area contributed by atoms with E-state index < -0.39 is 24.0 Å². The Hall–Kier alpha value is -3.38. The van der Waals surface area contributed by atoms with Crippen LogP contribution in [-0.4, -0.2) is 35.7 Å². The van der Waals surface area contributed by atoms with Gasteiger partial charge in [0.25, 0.3) is 5.91 Å². The number of hydrogen-bond donors (Lipinski definition) is 2. The zero-order chi connectivity index (χ0) is 24.6. The molecule has 0 aromatic heterocycles. The Labute approximate surface area is 206 Å². The molecular formula is C29H33NO5. The van der Waals surface area contributed by atoms with Gasteiger partial charge in [-0.05, 0) is 42.7 Å². The summed E-state index contributed by atoms with van der Waals surface area (Å²) in [7, 11) is 0. The molecule has 3 aromatic carbocycles. The summed E-state index contributed by atoms with van der Waals surface area (Å²) in [6.07, 6.45) is 5.20. The molecular weight excluding hydrogens is 442 g/mol. The molecule has 0 saturated heterocycles. The number of hydrogen-bond acceptors (Lipinski definition) is 4. The van der Waals surface area contributed by atoms with Gasteiger partial charge in [-0.2, -0.15) is 0 Å². The number of benzene rings is 3. The fraction of sp³-hybridized carbons (Fsp3) is 0.379. The van der Waals surface area contributed by atoms with Gasteiger partial charge in [0.2, 0.25) is 0 Å². The first-order chi connectivity index (χ1) is 17.0. The van der Waals surface area contributed by atoms with Crippen molar-refractivity contribution in [3.63, 3.8) is 0 Å². The largest absolute Gasteiger partial charge is 0.492 e. The molecule has 1 amide bonds. The van der Waals surface area contributed by atoms with Crippen molar-refractivity contribution in [1.82, 2.24) is 5.32 Å². The van der Waals surface area contributed by atoms with Crippen LogP contribution in [0.3, 0.4) is 0 Å². The molecule has 0 spiro atoms. The molecule has 6 nitrogen and oxygen atoms in total. The fourth-order valence-corrected chi connectivity index (χ4v) is 4.63. The van der Waals surface area contributed by atoms with Crippen molar-refractivity contribution in [3.05, 3.63) is 77.9 Å². The number of rotatable bonds is 10. The average molecular weight is 476 g/mol. The molecule has 2 N–H and O–H groups in total. The maximum Gasteiger partial charge on any atom is 0.328 e. The van der Waals surface area contributed by atoms with E-state index in [2.05, 4.69) is 5.32 Å². The van der Waals surface area contributed by atoms with Crippen LogP contribution in [0, 0.1) is 5.92 Å². The molecule has 4 rings (SSSR count). The first-order valence-electron chi connectivity index (χ1n) is 12.4. The average Bonchev–Trinajstić information content (AvgIpc) is 2.89. The van der Waals surface area contributed by atoms with Crippen LogP contribution in [0.1, 0.15) is 54.9 Å². The molecule has 1 aliphatic rings. The minimum absolute atomic E-state index is 0.257. The number of nitrogens with one attached hydrogen (secondary N) is 1. The molecule has 1 aliphatic carbocycles. The SMILES string of the molecule is C[C@@H](OCc1ccccc1)C(NC(=O)c1ccc2ccccc2c1OCC1CCCCC1)C(=O)O. The Bertz CT molecular complexity index is 1140. The highest BCUT2D eigenvalue weighted by atomic mass is 16.5. The summed E-state index contributed by atoms with van der Waals surface area (Å²) in [4.78, 5) is 25.4. The van der Waals surface area contributed by atoms with Gasteiger partial charge in [-0.1, -0.05) is 79.9 Å². The third kappa shape index (κ3) is 6.40. The molecule has 0 aliphatic heterocycles. The van der Waals surface area contributed by atoms with Crippen LogP contribution in [0.15, 0.2) is 66.7 Å². The fourth-order valence-electron chi connectivity index (χ4n) is 4.63. The quantitative estimate of drug-likeness (QED) is 0.399. The van der Waals surface area contributed by atoms with E-state index >= 15 is 0 Å². The van der Waals surface area contributed by atoms with E-state index in [0.29, 0.717) is 23.8 Å². The molecule has 184 valence electrons. The zero-order valence-electron chi connectivity index (χ0n) is 20.1. The summed E-state index contributed by atoms with van der Waals surface area (Å²) in [6, 6.07) is 19.7. The van der Waals surface area contributed by atoms with E-state index in [-0.39, 0.29) is 6.61 Å². The third-order valence-corrected chi connectivity index (χ3v) is 6.69. The van der Waals surface area contributed by atoms with E-state index in [0.717, 1.165) is 29.2 Å². The number of carbonyl (C=O) groups is 2. The van der Waals surface area contributed by atoms with Crippen LogP contribution in [0.5, 0.6) is 5.75 Å². The molecule has 3 aromatic rings. The number of aliphatic carboxylic acids is 1. The van der Waals surface area contributed by atoms with Gasteiger partial charge in [-0.25, -0.2) is 4.79 Å². The number of carboxylic acid groups (broad SMARTS) is 1. The van der Waals surface area contributed by atoms with Crippen LogP contribution >= 0.6 is 0 Å². The zero-order valence-corrected chi connectivity index (χ0v) is 20.1. The van der Waals surface area contributed by atoms with Gasteiger partial charge in [0, 0.05) is 5.39 Å². The summed E-state index contributed by atoms with van der Waals surface area (Å²) in [5.74, 6) is -0.661. The number of carbonyl (C=O) groups excluding carboxylic acids is 1. The number of ether oxygens (including phenoxy) is 2. The molecule has 1 unspecified atom stereocenters. The predicted molar refractivity (Wildman–Crippen MR) is 136 cm³/mol. The topological polar surface area (TPSA) is 84.9 Å². The first kappa shape index (κ1) is 24.7. The second kappa shape index (κ2) is 11.8. The molecule has 6 heteroatoms.